The van der Waals surface area contributed by atoms with Crippen molar-refractivity contribution in [2.45, 2.75) is 26.7 Å². The second kappa shape index (κ2) is 7.07. The van der Waals surface area contributed by atoms with Gasteiger partial charge in [-0.15, -0.1) is 0 Å². The van der Waals surface area contributed by atoms with E-state index in [1.165, 1.54) is 44.8 Å². The molecule has 2 heteroatoms. The summed E-state index contributed by atoms with van der Waals surface area (Å²) in [5, 5.41) is 9.85. The average Bonchev–Trinajstić information content (AvgIpc) is 3.07. The van der Waals surface area contributed by atoms with Crippen molar-refractivity contribution >= 4 is 5.57 Å². The molecule has 1 N–H and O–H groups in total. The number of phenols is 1. The lowest BCUT2D eigenvalue weighted by Crippen LogP contribution is -2.03. The van der Waals surface area contributed by atoms with Gasteiger partial charge in [-0.3, -0.25) is 0 Å². The van der Waals surface area contributed by atoms with Crippen LogP contribution in [0.3, 0.4) is 0 Å². The Morgan fingerprint density at radius 3 is 2.27 bits per heavy atom. The molecule has 148 valence electrons. The highest BCUT2D eigenvalue weighted by Gasteiger charge is 2.28. The first kappa shape index (κ1) is 18.5. The fraction of sp³-hybridized carbons (Fsp3) is 0.143. The Hall–Kier alpha value is -3.52. The van der Waals surface area contributed by atoms with Crippen molar-refractivity contribution in [1.29, 1.82) is 0 Å². The van der Waals surface area contributed by atoms with Crippen molar-refractivity contribution in [2.24, 2.45) is 0 Å². The molecule has 0 aliphatic heterocycles. The lowest BCUT2D eigenvalue weighted by molar-refractivity contribution is 0.475. The van der Waals surface area contributed by atoms with E-state index in [1.807, 2.05) is 12.1 Å². The summed E-state index contributed by atoms with van der Waals surface area (Å²) >= 11 is 0. The minimum absolute atomic E-state index is 0.280. The highest BCUT2D eigenvalue weighted by molar-refractivity contribution is 5.93. The summed E-state index contributed by atoms with van der Waals surface area (Å²) in [5.74, 6) is 0.280. The standard InChI is InChI=1S/C28H25NO/c1-18(2)23-9-6-7-11-26(23)28-27-24(17-12-20-8-4-5-10-25(20)27)19(3)29(28)21-13-15-22(30)16-14-21/h4-11,13-16,30H,1,12,17H2,2-3H3. The molecular formula is C28H25NO. The van der Waals surface area contributed by atoms with Crippen LogP contribution in [0, 0.1) is 6.92 Å². The highest BCUT2D eigenvalue weighted by Crippen LogP contribution is 2.46. The van der Waals surface area contributed by atoms with Gasteiger partial charge in [-0.2, -0.15) is 0 Å². The summed E-state index contributed by atoms with van der Waals surface area (Å²) in [5.41, 5.74) is 12.4. The van der Waals surface area contributed by atoms with Crippen molar-refractivity contribution < 1.29 is 5.11 Å². The number of rotatable bonds is 3. The molecule has 2 nitrogen and oxygen atoms in total. The first-order valence-corrected chi connectivity index (χ1v) is 10.4. The van der Waals surface area contributed by atoms with Gasteiger partial charge in [-0.25, -0.2) is 0 Å². The number of aromatic hydroxyl groups is 1. The van der Waals surface area contributed by atoms with Crippen LogP contribution in [0.1, 0.15) is 29.3 Å². The second-order valence-corrected chi connectivity index (χ2v) is 8.12. The van der Waals surface area contributed by atoms with Crippen molar-refractivity contribution in [3.63, 3.8) is 0 Å². The molecular weight excluding hydrogens is 366 g/mol. The monoisotopic (exact) mass is 391 g/mol. The maximum atomic E-state index is 9.85. The zero-order chi connectivity index (χ0) is 20.8. The van der Waals surface area contributed by atoms with Crippen LogP contribution in [-0.2, 0) is 12.8 Å². The van der Waals surface area contributed by atoms with Gasteiger partial charge in [0.05, 0.1) is 5.69 Å². The molecule has 0 radical (unpaired) electrons. The second-order valence-electron chi connectivity index (χ2n) is 8.12. The number of aromatic nitrogens is 1. The third kappa shape index (κ3) is 2.80. The van der Waals surface area contributed by atoms with Gasteiger partial charge in [0.15, 0.2) is 0 Å². The third-order valence-electron chi connectivity index (χ3n) is 6.22. The summed E-state index contributed by atoms with van der Waals surface area (Å²) in [6, 6.07) is 24.8. The fourth-order valence-corrected chi connectivity index (χ4v) is 4.82. The first-order chi connectivity index (χ1) is 14.6. The minimum Gasteiger partial charge on any atom is -0.508 e. The smallest absolute Gasteiger partial charge is 0.115 e. The van der Waals surface area contributed by atoms with Crippen LogP contribution >= 0.6 is 0 Å². The van der Waals surface area contributed by atoms with E-state index in [2.05, 4.69) is 73.5 Å². The molecule has 3 aromatic carbocycles. The van der Waals surface area contributed by atoms with Gasteiger partial charge in [-0.05, 0) is 73.2 Å². The van der Waals surface area contributed by atoms with E-state index in [4.69, 9.17) is 0 Å². The molecule has 0 bridgehead atoms. The Labute approximate surface area is 177 Å². The Kier molecular flexibility index (Phi) is 4.36. The molecule has 4 aromatic rings. The molecule has 0 atom stereocenters. The van der Waals surface area contributed by atoms with Crippen LogP contribution in [0.15, 0.2) is 79.4 Å². The number of fused-ring (bicyclic) bond motifs is 3. The molecule has 1 heterocycles. The maximum absolute atomic E-state index is 9.85. The third-order valence-corrected chi connectivity index (χ3v) is 6.22. The summed E-state index contributed by atoms with van der Waals surface area (Å²) in [6.45, 7) is 8.53. The molecule has 0 saturated carbocycles. The molecule has 0 amide bonds. The van der Waals surface area contributed by atoms with Gasteiger partial charge in [0.2, 0.25) is 0 Å². The van der Waals surface area contributed by atoms with Crippen molar-refractivity contribution in [1.82, 2.24) is 4.57 Å². The summed E-state index contributed by atoms with van der Waals surface area (Å²) in [6.07, 6.45) is 2.09. The van der Waals surface area contributed by atoms with E-state index in [0.29, 0.717) is 0 Å². The molecule has 0 spiro atoms. The van der Waals surface area contributed by atoms with Gasteiger partial charge in [-0.1, -0.05) is 60.7 Å². The Morgan fingerprint density at radius 1 is 0.867 bits per heavy atom. The van der Waals surface area contributed by atoms with Crippen LogP contribution in [0.2, 0.25) is 0 Å². The van der Waals surface area contributed by atoms with Gasteiger partial charge in [0.1, 0.15) is 5.75 Å². The fourth-order valence-electron chi connectivity index (χ4n) is 4.82. The SMILES string of the molecule is C=C(C)c1ccccc1-c1c2c(c(C)n1-c1ccc(O)cc1)CCc1ccccc1-2. The first-order valence-electron chi connectivity index (χ1n) is 10.4. The van der Waals surface area contributed by atoms with Crippen molar-refractivity contribution in [3.05, 3.63) is 102 Å². The molecule has 30 heavy (non-hydrogen) atoms. The average molecular weight is 392 g/mol. The summed E-state index contributed by atoms with van der Waals surface area (Å²) < 4.78 is 2.36. The zero-order valence-corrected chi connectivity index (χ0v) is 17.4. The predicted molar refractivity (Wildman–Crippen MR) is 125 cm³/mol. The normalized spacial score (nSPS) is 12.3. The lowest BCUT2D eigenvalue weighted by atomic mass is 9.84. The van der Waals surface area contributed by atoms with Crippen LogP contribution in [0.25, 0.3) is 33.6 Å². The summed E-state index contributed by atoms with van der Waals surface area (Å²) in [4.78, 5) is 0. The van der Waals surface area contributed by atoms with E-state index in [1.54, 1.807) is 12.1 Å². The molecule has 1 aliphatic rings. The van der Waals surface area contributed by atoms with Gasteiger partial charge in [0, 0.05) is 22.5 Å². The molecule has 0 saturated heterocycles. The van der Waals surface area contributed by atoms with Crippen LogP contribution < -0.4 is 0 Å². The van der Waals surface area contributed by atoms with Crippen molar-refractivity contribution in [2.75, 3.05) is 0 Å². The topological polar surface area (TPSA) is 25.2 Å². The van der Waals surface area contributed by atoms with Gasteiger partial charge < -0.3 is 9.67 Å². The van der Waals surface area contributed by atoms with Crippen LogP contribution in [0.4, 0.5) is 0 Å². The Balaban J connectivity index is 1.92. The molecule has 1 aromatic heterocycles. The zero-order valence-electron chi connectivity index (χ0n) is 17.4. The number of nitrogens with zero attached hydrogens (tertiary/aromatic N) is 1. The van der Waals surface area contributed by atoms with E-state index >= 15 is 0 Å². The minimum atomic E-state index is 0.280. The van der Waals surface area contributed by atoms with Crippen LogP contribution in [-0.4, -0.2) is 9.67 Å². The Morgan fingerprint density at radius 2 is 1.53 bits per heavy atom. The highest BCUT2D eigenvalue weighted by atomic mass is 16.3. The van der Waals surface area contributed by atoms with E-state index in [0.717, 1.165) is 24.1 Å². The Bertz CT molecular complexity index is 1270. The van der Waals surface area contributed by atoms with E-state index < -0.39 is 0 Å². The number of hydrogen-bond donors (Lipinski definition) is 1. The molecule has 0 unspecified atom stereocenters. The van der Waals surface area contributed by atoms with Crippen LogP contribution in [0.5, 0.6) is 5.75 Å². The number of benzene rings is 3. The van der Waals surface area contributed by atoms with Gasteiger partial charge >= 0.3 is 0 Å². The van der Waals surface area contributed by atoms with E-state index in [-0.39, 0.29) is 5.75 Å². The number of aryl methyl sites for hydroxylation is 1. The largest absolute Gasteiger partial charge is 0.508 e. The predicted octanol–water partition coefficient (Wildman–Crippen LogP) is 6.96. The number of phenolic OH excluding ortho intramolecular Hbond substituents is 1. The quantitative estimate of drug-likeness (QED) is 0.401. The summed E-state index contributed by atoms with van der Waals surface area (Å²) in [7, 11) is 0. The molecule has 0 fully saturated rings. The molecule has 1 aliphatic carbocycles. The van der Waals surface area contributed by atoms with Crippen molar-refractivity contribution in [3.8, 4) is 33.8 Å². The number of allylic oxidation sites excluding steroid dienone is 1. The lowest BCUT2D eigenvalue weighted by Gasteiger charge is -2.20. The maximum Gasteiger partial charge on any atom is 0.115 e. The van der Waals surface area contributed by atoms with E-state index in [9.17, 15) is 5.11 Å². The molecule has 5 rings (SSSR count). The van der Waals surface area contributed by atoms with Gasteiger partial charge in [0.25, 0.3) is 0 Å². The number of hydrogen-bond acceptors (Lipinski definition) is 1.